The van der Waals surface area contributed by atoms with Crippen molar-refractivity contribution < 1.29 is 24.3 Å². The highest BCUT2D eigenvalue weighted by Gasteiger charge is 2.44. The number of β-amino-alcohol motifs (C(OH)–C–C–N with tert-alkyl or cyclic N) is 1. The maximum absolute atomic E-state index is 14.4. The number of para-hydroxylation sites is 1. The number of hydrogen-bond acceptors (Lipinski definition) is 17. The molecule has 402 valence electrons. The van der Waals surface area contributed by atoms with Crippen molar-refractivity contribution in [3.8, 4) is 16.2 Å². The van der Waals surface area contributed by atoms with Crippen LogP contribution in [0.1, 0.15) is 123 Å². The molecule has 4 aliphatic heterocycles. The number of rotatable bonds is 15. The second-order valence-electron chi connectivity index (χ2n) is 21.6. The van der Waals surface area contributed by atoms with Gasteiger partial charge in [-0.2, -0.15) is 5.10 Å². The molecule has 10 rings (SSSR count). The Labute approximate surface area is 448 Å². The van der Waals surface area contributed by atoms with Crippen LogP contribution in [-0.2, 0) is 9.59 Å². The van der Waals surface area contributed by atoms with Gasteiger partial charge in [0.05, 0.1) is 40.0 Å². The van der Waals surface area contributed by atoms with Gasteiger partial charge in [0.2, 0.25) is 17.8 Å². The van der Waals surface area contributed by atoms with E-state index in [4.69, 9.17) is 31.7 Å². The summed E-state index contributed by atoms with van der Waals surface area (Å²) in [6.07, 6.45) is 10.9. The lowest BCUT2D eigenvalue weighted by Crippen LogP contribution is -2.48. The normalized spacial score (nSPS) is 20.4. The molecular formula is C56H72N14O5S. The first kappa shape index (κ1) is 52.4. The van der Waals surface area contributed by atoms with E-state index in [1.54, 1.807) is 35.6 Å². The third kappa shape index (κ3) is 11.2. The standard InChI is InChI=1S/C56H72N14O5S/c1-33(2)50(55(74)69-31-42(71)25-46(69)54(73)63-34(3)37-9-11-39(12-10-37)52-35(4)62-32-76-52)48-27-49(65-75-48)67-21-13-36(14-22-67)30-66-19-15-38(16-20-66)40-28-60-56(61-29-40)68-23-17-41(18-24-68)70-45(51(58)53(59)64-70)26-44(57)43-7-5-6-8-47(43)72/h5-12,26-29,32-34,36,38,41-42,46,50,71-72H,13-25,30-31,57-58H2,1-4H3,(H2,59,64)(H,63,73)/b44-26-/t34-,42+,46-,50?/m0/s1. The van der Waals surface area contributed by atoms with Crippen LogP contribution in [0.4, 0.5) is 23.3 Å². The topological polar surface area (TPSA) is 260 Å². The van der Waals surface area contributed by atoms with Gasteiger partial charge < -0.3 is 56.9 Å². The quantitative estimate of drug-likeness (QED) is 0.0609. The van der Waals surface area contributed by atoms with Crippen molar-refractivity contribution in [1.82, 2.24) is 45.0 Å². The Balaban J connectivity index is 0.671. The number of likely N-dealkylation sites (tertiary alicyclic amines) is 2. The minimum Gasteiger partial charge on any atom is -0.507 e. The highest BCUT2D eigenvalue weighted by atomic mass is 32.1. The second-order valence-corrected chi connectivity index (χ2v) is 22.5. The van der Waals surface area contributed by atoms with Crippen molar-refractivity contribution in [2.24, 2.45) is 17.6 Å². The number of piperidine rings is 3. The number of aromatic nitrogens is 6. The average molecular weight is 1050 g/mol. The SMILES string of the molecule is Cc1ncsc1-c1ccc([C@H](C)NC(=O)[C@@H]2C[C@@H](O)CN2C(=O)C(c2cc(N3CCC(CN4CCC(c5cnc(N6CCC(n7nc(N)c(N)c7/C=C(\N)c7ccccc7O)CC6)nc5)CC4)CC3)no2)C(C)C)cc1. The van der Waals surface area contributed by atoms with Gasteiger partial charge in [-0.25, -0.2) is 15.0 Å². The summed E-state index contributed by atoms with van der Waals surface area (Å²) in [7, 11) is 0. The number of nitrogens with two attached hydrogens (primary N) is 3. The van der Waals surface area contributed by atoms with Crippen molar-refractivity contribution in [2.75, 3.05) is 73.6 Å². The number of aromatic hydroxyl groups is 1. The van der Waals surface area contributed by atoms with Gasteiger partial charge in [-0.3, -0.25) is 14.3 Å². The molecule has 4 saturated heterocycles. The molecule has 19 nitrogen and oxygen atoms in total. The third-order valence-corrected chi connectivity index (χ3v) is 17.2. The van der Waals surface area contributed by atoms with E-state index in [0.29, 0.717) is 40.2 Å². The second kappa shape index (κ2) is 22.7. The van der Waals surface area contributed by atoms with Crippen molar-refractivity contribution >= 4 is 58.2 Å². The Morgan fingerprint density at radius 1 is 0.908 bits per heavy atom. The maximum atomic E-state index is 14.4. The molecule has 76 heavy (non-hydrogen) atoms. The van der Waals surface area contributed by atoms with Crippen molar-refractivity contribution in [3.63, 3.8) is 0 Å². The summed E-state index contributed by atoms with van der Waals surface area (Å²) in [6.45, 7) is 14.3. The monoisotopic (exact) mass is 1050 g/mol. The number of phenols is 1. The van der Waals surface area contributed by atoms with Gasteiger partial charge in [-0.1, -0.05) is 55.4 Å². The molecule has 2 aromatic carbocycles. The molecule has 0 bridgehead atoms. The third-order valence-electron chi connectivity index (χ3n) is 16.2. The number of benzene rings is 2. The smallest absolute Gasteiger partial charge is 0.243 e. The first-order valence-electron chi connectivity index (χ1n) is 26.9. The van der Waals surface area contributed by atoms with Gasteiger partial charge in [0.1, 0.15) is 23.4 Å². The number of aliphatic hydroxyl groups excluding tert-OH is 1. The molecule has 6 aromatic rings. The number of amides is 2. The molecule has 0 spiro atoms. The lowest BCUT2D eigenvalue weighted by atomic mass is 9.89. The van der Waals surface area contributed by atoms with E-state index in [-0.39, 0.29) is 54.3 Å². The molecule has 9 N–H and O–H groups in total. The fourth-order valence-corrected chi connectivity index (χ4v) is 12.5. The summed E-state index contributed by atoms with van der Waals surface area (Å²) >= 11 is 1.60. The van der Waals surface area contributed by atoms with Gasteiger partial charge in [0, 0.05) is 75.4 Å². The van der Waals surface area contributed by atoms with E-state index in [0.717, 1.165) is 118 Å². The maximum Gasteiger partial charge on any atom is 0.243 e. The van der Waals surface area contributed by atoms with Crippen LogP contribution in [0.2, 0.25) is 0 Å². The van der Waals surface area contributed by atoms with E-state index < -0.39 is 18.1 Å². The Bertz CT molecular complexity index is 2990. The Morgan fingerprint density at radius 3 is 2.28 bits per heavy atom. The molecule has 0 saturated carbocycles. The summed E-state index contributed by atoms with van der Waals surface area (Å²) in [5.74, 6) is 1.95. The van der Waals surface area contributed by atoms with Gasteiger partial charge >= 0.3 is 0 Å². The highest BCUT2D eigenvalue weighted by molar-refractivity contribution is 7.13. The van der Waals surface area contributed by atoms with Crippen LogP contribution in [0.5, 0.6) is 5.75 Å². The zero-order valence-corrected chi connectivity index (χ0v) is 44.8. The molecule has 4 aromatic heterocycles. The Hall–Kier alpha value is -7.03. The number of anilines is 4. The van der Waals surface area contributed by atoms with Crippen molar-refractivity contribution in [1.29, 1.82) is 0 Å². The van der Waals surface area contributed by atoms with Gasteiger partial charge in [0.25, 0.3) is 0 Å². The average Bonchev–Trinajstić information content (AvgIpc) is 4.25. The van der Waals surface area contributed by atoms with Gasteiger partial charge in [0.15, 0.2) is 17.4 Å². The van der Waals surface area contributed by atoms with Crippen LogP contribution in [0.15, 0.2) is 77.0 Å². The first-order chi connectivity index (χ1) is 36.7. The number of aliphatic hydroxyl groups is 1. The van der Waals surface area contributed by atoms with Crippen LogP contribution in [0, 0.1) is 18.8 Å². The van der Waals surface area contributed by atoms with Crippen LogP contribution < -0.4 is 32.3 Å². The van der Waals surface area contributed by atoms with E-state index in [1.807, 2.05) is 86.7 Å². The van der Waals surface area contributed by atoms with E-state index >= 15 is 0 Å². The minimum atomic E-state index is -0.806. The molecule has 4 fully saturated rings. The summed E-state index contributed by atoms with van der Waals surface area (Å²) < 4.78 is 7.82. The Morgan fingerprint density at radius 2 is 1.61 bits per heavy atom. The first-order valence-corrected chi connectivity index (χ1v) is 27.8. The summed E-state index contributed by atoms with van der Waals surface area (Å²) in [5.41, 5.74) is 26.9. The molecule has 4 atom stereocenters. The summed E-state index contributed by atoms with van der Waals surface area (Å²) in [4.78, 5) is 52.0. The van der Waals surface area contributed by atoms with Crippen LogP contribution >= 0.6 is 11.3 Å². The number of phenolic OH excluding ortho intramolecular Hbond substituents is 1. The molecule has 0 radical (unpaired) electrons. The lowest BCUT2D eigenvalue weighted by molar-refractivity contribution is -0.141. The molecule has 8 heterocycles. The summed E-state index contributed by atoms with van der Waals surface area (Å²) in [5, 5.41) is 33.3. The van der Waals surface area contributed by atoms with Gasteiger partial charge in [-0.05, 0) is 118 Å². The molecule has 4 aliphatic rings. The summed E-state index contributed by atoms with van der Waals surface area (Å²) in [6, 6.07) is 15.9. The largest absolute Gasteiger partial charge is 0.507 e. The van der Waals surface area contributed by atoms with E-state index in [2.05, 4.69) is 35.3 Å². The predicted molar refractivity (Wildman–Crippen MR) is 296 cm³/mol. The number of thiazole rings is 1. The number of hydrogen-bond donors (Lipinski definition) is 6. The fraction of sp³-hybridized carbons (Fsp3) is 0.482. The zero-order valence-electron chi connectivity index (χ0n) is 44.0. The molecule has 1 unspecified atom stereocenters. The highest BCUT2D eigenvalue weighted by Crippen LogP contribution is 2.37. The minimum absolute atomic E-state index is 0.0561. The number of nitrogens with zero attached hydrogens (tertiary/aromatic N) is 10. The number of nitrogens with one attached hydrogen (secondary N) is 1. The molecule has 2 amide bonds. The molecular weight excluding hydrogens is 981 g/mol. The number of carbonyl (C=O) groups is 2. The lowest BCUT2D eigenvalue weighted by Gasteiger charge is -2.37. The molecule has 20 heteroatoms. The van der Waals surface area contributed by atoms with Crippen molar-refractivity contribution in [2.45, 2.75) is 109 Å². The van der Waals surface area contributed by atoms with E-state index in [9.17, 15) is 19.8 Å². The van der Waals surface area contributed by atoms with Crippen molar-refractivity contribution in [3.05, 3.63) is 106 Å². The predicted octanol–water partition coefficient (Wildman–Crippen LogP) is 6.94. The number of nitrogen functional groups attached to an aromatic ring is 2. The van der Waals surface area contributed by atoms with Crippen LogP contribution in [0.3, 0.4) is 0 Å². The number of carbonyl (C=O) groups excluding carboxylic acids is 2. The number of aryl methyl sites for hydroxylation is 1. The molecule has 0 aliphatic carbocycles. The zero-order chi connectivity index (χ0) is 53.2. The Kier molecular flexibility index (Phi) is 15.6. The van der Waals surface area contributed by atoms with Crippen LogP contribution in [0.25, 0.3) is 22.2 Å². The van der Waals surface area contributed by atoms with Gasteiger partial charge in [-0.15, -0.1) is 11.3 Å². The van der Waals surface area contributed by atoms with E-state index in [1.165, 1.54) is 10.5 Å². The van der Waals surface area contributed by atoms with Crippen LogP contribution in [-0.4, -0.2) is 126 Å². The fourth-order valence-electron chi connectivity index (χ4n) is 11.7.